The van der Waals surface area contributed by atoms with Crippen molar-refractivity contribution in [2.24, 2.45) is 0 Å². The minimum atomic E-state index is -0.666. The maximum absolute atomic E-state index is 14.9. The van der Waals surface area contributed by atoms with Gasteiger partial charge in [0, 0.05) is 37.2 Å². The van der Waals surface area contributed by atoms with E-state index in [0.717, 1.165) is 11.1 Å². The van der Waals surface area contributed by atoms with Gasteiger partial charge in [0.2, 0.25) is 0 Å². The third-order valence-corrected chi connectivity index (χ3v) is 7.76. The van der Waals surface area contributed by atoms with Crippen molar-refractivity contribution in [2.45, 2.75) is 51.7 Å². The van der Waals surface area contributed by atoms with Crippen molar-refractivity contribution in [3.05, 3.63) is 106 Å². The number of anilines is 1. The van der Waals surface area contributed by atoms with E-state index >= 15 is 0 Å². The molecule has 4 aromatic rings. The van der Waals surface area contributed by atoms with Crippen LogP contribution in [-0.4, -0.2) is 42.9 Å². The number of nitrogens with zero attached hydrogens (tertiary/aromatic N) is 2. The number of carbonyl (C=O) groups excluding carboxylic acids is 1. The molecule has 0 unspecified atom stereocenters. The van der Waals surface area contributed by atoms with Crippen molar-refractivity contribution in [1.82, 2.24) is 10.3 Å². The lowest BCUT2D eigenvalue weighted by molar-refractivity contribution is 0.0497. The zero-order chi connectivity index (χ0) is 32.1. The van der Waals surface area contributed by atoms with E-state index in [-0.39, 0.29) is 17.0 Å². The number of hydrogen-bond acceptors (Lipinski definition) is 6. The molecule has 1 aliphatic heterocycles. The molecule has 0 bridgehead atoms. The number of nitrogens with one attached hydrogen (secondary N) is 2. The fraction of sp³-hybridized carbons (Fsp3) is 0.306. The van der Waals surface area contributed by atoms with Crippen LogP contribution in [0.15, 0.2) is 77.6 Å². The molecule has 0 aliphatic carbocycles. The first kappa shape index (κ1) is 31.3. The molecular weight excluding hydrogens is 571 g/mol. The first-order valence-corrected chi connectivity index (χ1v) is 15.0. The average molecular weight is 609 g/mol. The molecule has 1 aromatic heterocycles. The molecule has 8 nitrogen and oxygen atoms in total. The van der Waals surface area contributed by atoms with Crippen LogP contribution in [0.25, 0.3) is 22.4 Å². The van der Waals surface area contributed by atoms with E-state index in [1.807, 2.05) is 75.4 Å². The fourth-order valence-corrected chi connectivity index (χ4v) is 5.61. The van der Waals surface area contributed by atoms with Crippen molar-refractivity contribution in [2.75, 3.05) is 25.1 Å². The van der Waals surface area contributed by atoms with E-state index in [4.69, 9.17) is 9.47 Å². The number of rotatable bonds is 7. The molecule has 232 valence electrons. The second kappa shape index (κ2) is 13.3. The zero-order valence-corrected chi connectivity index (χ0v) is 25.9. The van der Waals surface area contributed by atoms with Crippen molar-refractivity contribution in [3.63, 3.8) is 0 Å². The lowest BCUT2D eigenvalue weighted by Gasteiger charge is -2.34. The second-order valence-electron chi connectivity index (χ2n) is 12.2. The minimum Gasteiger partial charge on any atom is -0.496 e. The maximum atomic E-state index is 14.9. The highest BCUT2D eigenvalue weighted by molar-refractivity contribution is 5.83. The Morgan fingerprint density at radius 1 is 1.04 bits per heavy atom. The highest BCUT2D eigenvalue weighted by atomic mass is 19.1. The van der Waals surface area contributed by atoms with E-state index in [1.54, 1.807) is 19.2 Å². The molecule has 1 aliphatic rings. The van der Waals surface area contributed by atoms with Crippen LogP contribution in [0, 0.1) is 17.1 Å². The van der Waals surface area contributed by atoms with Gasteiger partial charge in [-0.2, -0.15) is 5.26 Å². The molecule has 0 spiro atoms. The summed E-state index contributed by atoms with van der Waals surface area (Å²) in [5.74, 6) is 0.627. The first-order valence-electron chi connectivity index (χ1n) is 15.0. The van der Waals surface area contributed by atoms with E-state index < -0.39 is 17.5 Å². The molecule has 0 radical (unpaired) electrons. The Morgan fingerprint density at radius 3 is 2.40 bits per heavy atom. The van der Waals surface area contributed by atoms with Gasteiger partial charge in [0.1, 0.15) is 29.1 Å². The maximum Gasteiger partial charge on any atom is 0.407 e. The van der Waals surface area contributed by atoms with Crippen molar-refractivity contribution in [3.8, 4) is 34.2 Å². The van der Waals surface area contributed by atoms with Crippen LogP contribution in [-0.2, 0) is 11.2 Å². The molecule has 0 atom stereocenters. The monoisotopic (exact) mass is 608 g/mol. The number of benzene rings is 3. The van der Waals surface area contributed by atoms with E-state index in [9.17, 15) is 19.2 Å². The predicted molar refractivity (Wildman–Crippen MR) is 173 cm³/mol. The molecular formula is C36H37FN4O4. The Kier molecular flexibility index (Phi) is 9.24. The highest BCUT2D eigenvalue weighted by Gasteiger charge is 2.26. The SMILES string of the molecule is COc1ccc(-c2c(-c3ccc(C#N)c(F)c3)[nH]c(N3CCC(NC(=O)OC(C)(C)C)CC3)cc2=O)cc1Cc1ccccc1. The molecule has 45 heavy (non-hydrogen) atoms. The topological polar surface area (TPSA) is 107 Å². The number of aromatic amines is 1. The number of H-pyrrole nitrogens is 1. The number of piperidine rings is 1. The third kappa shape index (κ3) is 7.52. The van der Waals surface area contributed by atoms with Crippen molar-refractivity contribution >= 4 is 11.9 Å². The Morgan fingerprint density at radius 2 is 1.76 bits per heavy atom. The van der Waals surface area contributed by atoms with Gasteiger partial charge in [0.05, 0.1) is 23.9 Å². The van der Waals surface area contributed by atoms with Crippen LogP contribution in [0.5, 0.6) is 5.75 Å². The van der Waals surface area contributed by atoms with Gasteiger partial charge in [0.15, 0.2) is 5.43 Å². The average Bonchev–Trinajstić information content (AvgIpc) is 3.00. The van der Waals surface area contributed by atoms with Gasteiger partial charge in [-0.3, -0.25) is 4.79 Å². The minimum absolute atomic E-state index is 0.0588. The summed E-state index contributed by atoms with van der Waals surface area (Å²) in [7, 11) is 1.61. The number of nitriles is 1. The lowest BCUT2D eigenvalue weighted by atomic mass is 9.94. The van der Waals surface area contributed by atoms with Crippen LogP contribution < -0.4 is 20.4 Å². The molecule has 2 N–H and O–H groups in total. The molecule has 5 rings (SSSR count). The summed E-state index contributed by atoms with van der Waals surface area (Å²) >= 11 is 0. The Hall–Kier alpha value is -5.10. The summed E-state index contributed by atoms with van der Waals surface area (Å²) in [6.07, 6.45) is 1.46. The third-order valence-electron chi connectivity index (χ3n) is 7.76. The number of hydrogen-bond donors (Lipinski definition) is 2. The predicted octanol–water partition coefficient (Wildman–Crippen LogP) is 6.81. The van der Waals surface area contributed by atoms with Crippen molar-refractivity contribution < 1.29 is 18.7 Å². The molecule has 9 heteroatoms. The number of halogens is 1. The second-order valence-corrected chi connectivity index (χ2v) is 12.2. The number of pyridine rings is 1. The largest absolute Gasteiger partial charge is 0.496 e. The molecule has 3 aromatic carbocycles. The molecule has 1 amide bonds. The lowest BCUT2D eigenvalue weighted by Crippen LogP contribution is -2.46. The number of methoxy groups -OCH3 is 1. The van der Waals surface area contributed by atoms with Gasteiger partial charge in [-0.05, 0) is 74.6 Å². The number of alkyl carbamates (subject to hydrolysis) is 1. The summed E-state index contributed by atoms with van der Waals surface area (Å²) in [6, 6.07) is 23.3. The van der Waals surface area contributed by atoms with Crippen LogP contribution >= 0.6 is 0 Å². The van der Waals surface area contributed by atoms with E-state index in [2.05, 4.69) is 15.2 Å². The summed E-state index contributed by atoms with van der Waals surface area (Å²) in [5.41, 5.74) is 3.06. The summed E-state index contributed by atoms with van der Waals surface area (Å²) in [4.78, 5) is 31.7. The van der Waals surface area contributed by atoms with Crippen LogP contribution in [0.4, 0.5) is 15.0 Å². The highest BCUT2D eigenvalue weighted by Crippen LogP contribution is 2.34. The van der Waals surface area contributed by atoms with Crippen molar-refractivity contribution in [1.29, 1.82) is 5.26 Å². The van der Waals surface area contributed by atoms with Gasteiger partial charge in [-0.15, -0.1) is 0 Å². The Balaban J connectivity index is 1.51. The summed E-state index contributed by atoms with van der Waals surface area (Å²) < 4.78 is 25.9. The summed E-state index contributed by atoms with van der Waals surface area (Å²) in [5, 5.41) is 12.2. The molecule has 1 saturated heterocycles. The standard InChI is InChI=1S/C36H37FN4O4/c1-36(2,3)45-35(43)39-28-14-16-41(17-15-28)32-21-30(42)33(34(40-32)25-10-11-26(22-38)29(37)20-25)24-12-13-31(44-4)27(19-24)18-23-8-6-5-7-9-23/h5-13,19-21,28H,14-18H2,1-4H3,(H,39,43)(H,40,42). The zero-order valence-electron chi connectivity index (χ0n) is 25.9. The number of carbonyl (C=O) groups is 1. The van der Waals surface area contributed by atoms with Crippen LogP contribution in [0.1, 0.15) is 50.3 Å². The Labute approximate surface area is 262 Å². The first-order chi connectivity index (χ1) is 21.5. The molecule has 1 fully saturated rings. The quantitative estimate of drug-likeness (QED) is 0.239. The normalized spacial score (nSPS) is 13.6. The smallest absolute Gasteiger partial charge is 0.407 e. The fourth-order valence-electron chi connectivity index (χ4n) is 5.61. The van der Waals surface area contributed by atoms with E-state index in [0.29, 0.717) is 66.3 Å². The van der Waals surface area contributed by atoms with Crippen LogP contribution in [0.2, 0.25) is 0 Å². The van der Waals surface area contributed by atoms with E-state index in [1.165, 1.54) is 12.1 Å². The van der Waals surface area contributed by atoms with Gasteiger partial charge in [-0.1, -0.05) is 42.5 Å². The molecule has 0 saturated carbocycles. The van der Waals surface area contributed by atoms with Gasteiger partial charge < -0.3 is 24.7 Å². The number of aromatic nitrogens is 1. The number of ether oxygens (including phenoxy) is 2. The Bertz CT molecular complexity index is 1780. The van der Waals surface area contributed by atoms with Crippen LogP contribution in [0.3, 0.4) is 0 Å². The van der Waals surface area contributed by atoms with Gasteiger partial charge >= 0.3 is 6.09 Å². The summed E-state index contributed by atoms with van der Waals surface area (Å²) in [6.45, 7) is 6.63. The number of amides is 1. The van der Waals surface area contributed by atoms with Gasteiger partial charge in [0.25, 0.3) is 0 Å². The molecule has 2 heterocycles. The van der Waals surface area contributed by atoms with Gasteiger partial charge in [-0.25, -0.2) is 9.18 Å².